The van der Waals surface area contributed by atoms with Crippen LogP contribution in [0.3, 0.4) is 0 Å². The molecule has 0 spiro atoms. The Labute approximate surface area is 188 Å². The van der Waals surface area contributed by atoms with E-state index in [1.54, 1.807) is 0 Å². The number of carbonyl (C=O) groups is 1. The van der Waals surface area contributed by atoms with E-state index in [1.807, 2.05) is 6.07 Å². The molecule has 1 aromatic carbocycles. The quantitative estimate of drug-likeness (QED) is 0.485. The minimum Gasteiger partial charge on any atom is -0.465 e. The van der Waals surface area contributed by atoms with E-state index in [0.717, 1.165) is 29.2 Å². The second kappa shape index (κ2) is 7.76. The molecule has 4 rings (SSSR count). The summed E-state index contributed by atoms with van der Waals surface area (Å²) in [6, 6.07) is 7.23. The first kappa shape index (κ1) is 23.1. The van der Waals surface area contributed by atoms with Gasteiger partial charge in [-0.25, -0.2) is 13.2 Å². The molecule has 0 saturated carbocycles. The van der Waals surface area contributed by atoms with Crippen molar-refractivity contribution in [2.75, 3.05) is 18.4 Å². The zero-order valence-electron chi connectivity index (χ0n) is 17.0. The molecule has 1 saturated heterocycles. The van der Waals surface area contributed by atoms with E-state index in [2.05, 4.69) is 15.4 Å². The molecule has 0 radical (unpaired) electrons. The summed E-state index contributed by atoms with van der Waals surface area (Å²) < 4.78 is 62.8. The molecule has 3 heterocycles. The number of benzene rings is 1. The van der Waals surface area contributed by atoms with Crippen molar-refractivity contribution in [2.24, 2.45) is 0 Å². The Morgan fingerprint density at radius 1 is 1.26 bits per heavy atom. The van der Waals surface area contributed by atoms with Gasteiger partial charge in [-0.15, -0.1) is 0 Å². The van der Waals surface area contributed by atoms with E-state index in [-0.39, 0.29) is 36.4 Å². The van der Waals surface area contributed by atoms with Crippen LogP contribution in [-0.2, 0) is 15.4 Å². The van der Waals surface area contributed by atoms with Crippen molar-refractivity contribution in [2.45, 2.75) is 22.4 Å². The van der Waals surface area contributed by atoms with Gasteiger partial charge in [-0.05, 0) is 30.3 Å². The highest BCUT2D eigenvalue weighted by Crippen LogP contribution is 2.37. The summed E-state index contributed by atoms with van der Waals surface area (Å²) in [6.07, 6.45) is 0.0936. The monoisotopic (exact) mass is 496 g/mol. The highest BCUT2D eigenvalue weighted by atomic mass is 32.2. The maximum atomic E-state index is 12.8. The summed E-state index contributed by atoms with van der Waals surface area (Å²) in [4.78, 5) is 26.4. The minimum absolute atomic E-state index is 0.00521. The van der Waals surface area contributed by atoms with Crippen LogP contribution < -0.4 is 10.9 Å². The average molecular weight is 496 g/mol. The van der Waals surface area contributed by atoms with E-state index >= 15 is 0 Å². The third-order valence-corrected chi connectivity index (χ3v) is 6.94. The molecule has 0 unspecified atom stereocenters. The summed E-state index contributed by atoms with van der Waals surface area (Å²) in [5.74, 6) is -0.00521. The molecule has 15 heteroatoms. The van der Waals surface area contributed by atoms with E-state index in [9.17, 15) is 41.5 Å². The number of rotatable bonds is 5. The topological polar surface area (TPSA) is 161 Å². The van der Waals surface area contributed by atoms with Crippen molar-refractivity contribution in [1.29, 1.82) is 5.26 Å². The number of hydrogen-bond acceptors (Lipinski definition) is 7. The fourth-order valence-corrected chi connectivity index (χ4v) is 4.54. The van der Waals surface area contributed by atoms with Crippen molar-refractivity contribution in [1.82, 2.24) is 19.7 Å². The van der Waals surface area contributed by atoms with Gasteiger partial charge in [0.05, 0.1) is 36.0 Å². The Kier molecular flexibility index (Phi) is 5.28. The normalized spacial score (nSPS) is 15.5. The zero-order valence-corrected chi connectivity index (χ0v) is 17.8. The van der Waals surface area contributed by atoms with Gasteiger partial charge in [0.2, 0.25) is 0 Å². The molecule has 1 aliphatic rings. The average Bonchev–Trinajstić information content (AvgIpc) is 3.09. The number of aromatic amines is 1. The lowest BCUT2D eigenvalue weighted by atomic mass is 9.87. The highest BCUT2D eigenvalue weighted by molar-refractivity contribution is 7.92. The molecule has 0 atom stereocenters. The molecule has 1 aliphatic heterocycles. The smallest absolute Gasteiger partial charge is 0.465 e. The maximum absolute atomic E-state index is 12.8. The third kappa shape index (κ3) is 3.61. The molecule has 11 nitrogen and oxygen atoms in total. The number of nitriles is 1. The van der Waals surface area contributed by atoms with Crippen molar-refractivity contribution >= 4 is 38.3 Å². The number of H-pyrrole nitrogens is 1. The van der Waals surface area contributed by atoms with Crippen LogP contribution in [0.1, 0.15) is 6.42 Å². The SMILES string of the molecule is N#CCC1(n2nc(Nc3ccc(S(=O)(=O)C(F)(F)F)cc3)c3c(=O)[nH]ccc32)CN(C(=O)O)C1. The lowest BCUT2D eigenvalue weighted by Crippen LogP contribution is -2.64. The van der Waals surface area contributed by atoms with Gasteiger partial charge in [0.15, 0.2) is 5.82 Å². The number of alkyl halides is 3. The number of nitrogens with zero attached hydrogens (tertiary/aromatic N) is 4. The van der Waals surface area contributed by atoms with Crippen molar-refractivity contribution in [3.8, 4) is 6.07 Å². The Morgan fingerprint density at radius 3 is 2.47 bits per heavy atom. The van der Waals surface area contributed by atoms with Crippen LogP contribution in [0, 0.1) is 11.3 Å². The van der Waals surface area contributed by atoms with Gasteiger partial charge >= 0.3 is 11.6 Å². The summed E-state index contributed by atoms with van der Waals surface area (Å²) in [5, 5.41) is 25.7. The summed E-state index contributed by atoms with van der Waals surface area (Å²) in [6.45, 7) is -0.0776. The minimum atomic E-state index is -5.52. The van der Waals surface area contributed by atoms with Gasteiger partial charge in [-0.2, -0.15) is 23.5 Å². The van der Waals surface area contributed by atoms with Crippen LogP contribution in [0.2, 0.25) is 0 Å². The highest BCUT2D eigenvalue weighted by Gasteiger charge is 2.49. The van der Waals surface area contributed by atoms with Gasteiger partial charge in [0.1, 0.15) is 10.9 Å². The van der Waals surface area contributed by atoms with Crippen molar-refractivity contribution in [3.05, 3.63) is 46.9 Å². The lowest BCUT2D eigenvalue weighted by Gasteiger charge is -2.47. The van der Waals surface area contributed by atoms with Gasteiger partial charge < -0.3 is 20.3 Å². The van der Waals surface area contributed by atoms with Gasteiger partial charge in [-0.1, -0.05) is 0 Å². The van der Waals surface area contributed by atoms with Crippen LogP contribution in [0.5, 0.6) is 0 Å². The predicted molar refractivity (Wildman–Crippen MR) is 111 cm³/mol. The molecule has 34 heavy (non-hydrogen) atoms. The third-order valence-electron chi connectivity index (χ3n) is 5.43. The number of likely N-dealkylation sites (tertiary alicyclic amines) is 1. The van der Waals surface area contributed by atoms with Crippen LogP contribution >= 0.6 is 0 Å². The first-order chi connectivity index (χ1) is 15.9. The number of pyridine rings is 1. The van der Waals surface area contributed by atoms with E-state index in [1.165, 1.54) is 16.9 Å². The van der Waals surface area contributed by atoms with Crippen LogP contribution in [0.15, 0.2) is 46.2 Å². The van der Waals surface area contributed by atoms with Crippen LogP contribution in [0.4, 0.5) is 29.5 Å². The second-order valence-corrected chi connectivity index (χ2v) is 9.57. The Bertz CT molecular complexity index is 1480. The number of halogens is 3. The molecule has 0 bridgehead atoms. The van der Waals surface area contributed by atoms with E-state index < -0.39 is 37.4 Å². The van der Waals surface area contributed by atoms with Crippen molar-refractivity contribution < 1.29 is 31.5 Å². The zero-order chi connectivity index (χ0) is 24.9. The molecule has 3 aromatic rings. The number of fused-ring (bicyclic) bond motifs is 1. The van der Waals surface area contributed by atoms with E-state index in [4.69, 9.17) is 0 Å². The maximum Gasteiger partial charge on any atom is 0.501 e. The predicted octanol–water partition coefficient (Wildman–Crippen LogP) is 2.36. The van der Waals surface area contributed by atoms with Gasteiger partial charge in [0, 0.05) is 11.9 Å². The number of sulfone groups is 1. The van der Waals surface area contributed by atoms with Crippen LogP contribution in [-0.4, -0.2) is 57.9 Å². The standard InChI is InChI=1S/C19H15F3N6O5S/c20-19(21,22)34(32,33)12-3-1-11(2-4-12)25-15-14-13(5-8-24-16(14)29)28(26-15)18(6-7-23)9-27(10-18)17(30)31/h1-5,8H,6,9-10H2,(H,24,29)(H,25,26)(H,30,31). The number of carboxylic acid groups (broad SMARTS) is 1. The fourth-order valence-electron chi connectivity index (χ4n) is 3.78. The van der Waals surface area contributed by atoms with Crippen molar-refractivity contribution in [3.63, 3.8) is 0 Å². The van der Waals surface area contributed by atoms with Gasteiger partial charge in [0.25, 0.3) is 15.4 Å². The molecule has 0 aliphatic carbocycles. The molecular weight excluding hydrogens is 481 g/mol. The molecular formula is C19H15F3N6O5S. The second-order valence-electron chi connectivity index (χ2n) is 7.62. The van der Waals surface area contributed by atoms with Gasteiger partial charge in [-0.3, -0.25) is 9.48 Å². The molecule has 3 N–H and O–H groups in total. The number of anilines is 2. The summed E-state index contributed by atoms with van der Waals surface area (Å²) in [5.41, 5.74) is -6.58. The Hall–Kier alpha value is -4.06. The van der Waals surface area contributed by atoms with E-state index in [0.29, 0.717) is 5.52 Å². The molecule has 178 valence electrons. The number of nitrogens with one attached hydrogen (secondary N) is 2. The first-order valence-electron chi connectivity index (χ1n) is 9.54. The Balaban J connectivity index is 1.75. The fraction of sp³-hybridized carbons (Fsp3) is 0.263. The molecule has 1 fully saturated rings. The first-order valence-corrected chi connectivity index (χ1v) is 11.0. The summed E-state index contributed by atoms with van der Waals surface area (Å²) in [7, 11) is -5.52. The molecule has 2 aromatic heterocycles. The summed E-state index contributed by atoms with van der Waals surface area (Å²) >= 11 is 0. The molecule has 1 amide bonds. The lowest BCUT2D eigenvalue weighted by molar-refractivity contribution is -0.0436. The van der Waals surface area contributed by atoms with Crippen LogP contribution in [0.25, 0.3) is 10.9 Å². The number of hydrogen-bond donors (Lipinski definition) is 3. The number of aromatic nitrogens is 3. The largest absolute Gasteiger partial charge is 0.501 e. The Morgan fingerprint density at radius 2 is 1.91 bits per heavy atom. The number of amides is 1.